The molecule has 2 aliphatic rings. The molecule has 0 saturated heterocycles. The summed E-state index contributed by atoms with van der Waals surface area (Å²) in [5.74, 6) is 4.96. The quantitative estimate of drug-likeness (QED) is 0.183. The number of furan rings is 3. The second-order valence-corrected chi connectivity index (χ2v) is 14.0. The van der Waals surface area contributed by atoms with Gasteiger partial charge in [-0.3, -0.25) is 4.90 Å². The smallest absolute Gasteiger partial charge is 0.238 e. The third-order valence-electron chi connectivity index (χ3n) is 11.3. The van der Waals surface area contributed by atoms with E-state index in [2.05, 4.69) is 67.3 Å². The third-order valence-corrected chi connectivity index (χ3v) is 11.3. The highest BCUT2D eigenvalue weighted by Gasteiger charge is 2.58. The van der Waals surface area contributed by atoms with Crippen LogP contribution in [-0.2, 0) is 5.41 Å². The van der Waals surface area contributed by atoms with Crippen molar-refractivity contribution in [1.82, 2.24) is 15.0 Å². The maximum absolute atomic E-state index is 6.94. The zero-order valence-electron chi connectivity index (χ0n) is 29.6. The lowest BCUT2D eigenvalue weighted by molar-refractivity contribution is 0.493. The fourth-order valence-electron chi connectivity index (χ4n) is 8.80. The first-order chi connectivity index (χ1) is 25.9. The van der Waals surface area contributed by atoms with Gasteiger partial charge in [0.25, 0.3) is 0 Å². The Morgan fingerprint density at radius 3 is 1.72 bits per heavy atom. The van der Waals surface area contributed by atoms with Crippen molar-refractivity contribution >= 4 is 39.3 Å². The zero-order valence-corrected chi connectivity index (χ0v) is 29.6. The van der Waals surface area contributed by atoms with Crippen LogP contribution >= 0.6 is 0 Å². The van der Waals surface area contributed by atoms with Crippen LogP contribution in [0.2, 0.25) is 0 Å². The van der Waals surface area contributed by atoms with E-state index in [1.54, 1.807) is 0 Å². The predicted octanol–water partition coefficient (Wildman–Crippen LogP) is 11.7. The van der Waals surface area contributed by atoms with Crippen LogP contribution in [0.3, 0.4) is 0 Å². The summed E-state index contributed by atoms with van der Waals surface area (Å²) in [6, 6.07) is 41.5. The first-order valence-electron chi connectivity index (χ1n) is 17.9. The van der Waals surface area contributed by atoms with Crippen LogP contribution in [0.25, 0.3) is 56.2 Å². The minimum Gasteiger partial charge on any atom is -0.457 e. The van der Waals surface area contributed by atoms with E-state index >= 15 is 0 Å². The van der Waals surface area contributed by atoms with Crippen LogP contribution < -0.4 is 4.90 Å². The SMILES string of the molecule is Cc1oc2c(c1C)C1(c3ccccc3N(c3nc(-c4ccccc4)nc(-c4ccccc4)n3)c3c1ccc1c3oc3ccccc31)c1c-2oc(C)c1C. The van der Waals surface area contributed by atoms with E-state index in [1.165, 1.54) is 0 Å². The molecule has 0 radical (unpaired) electrons. The highest BCUT2D eigenvalue weighted by Crippen LogP contribution is 2.67. The minimum absolute atomic E-state index is 0.493. The summed E-state index contributed by atoms with van der Waals surface area (Å²) in [4.78, 5) is 17.8. The second kappa shape index (κ2) is 10.7. The fraction of sp³-hybridized carbons (Fsp3) is 0.109. The first-order valence-corrected chi connectivity index (χ1v) is 17.9. The molecule has 53 heavy (non-hydrogen) atoms. The molecule has 1 spiro atoms. The summed E-state index contributed by atoms with van der Waals surface area (Å²) >= 11 is 0. The molecule has 0 saturated carbocycles. The Morgan fingerprint density at radius 1 is 0.509 bits per heavy atom. The van der Waals surface area contributed by atoms with Gasteiger partial charge in [0.15, 0.2) is 28.8 Å². The number of benzene rings is 5. The van der Waals surface area contributed by atoms with E-state index in [1.807, 2.05) is 86.6 Å². The number of nitrogens with zero attached hydrogens (tertiary/aromatic N) is 4. The molecule has 0 N–H and O–H groups in total. The van der Waals surface area contributed by atoms with Crippen molar-refractivity contribution in [2.24, 2.45) is 0 Å². The van der Waals surface area contributed by atoms with Crippen LogP contribution in [0, 0.1) is 27.7 Å². The molecule has 5 heterocycles. The summed E-state index contributed by atoms with van der Waals surface area (Å²) < 4.78 is 20.2. The average Bonchev–Trinajstić information content (AvgIpc) is 3.90. The normalized spacial score (nSPS) is 13.8. The van der Waals surface area contributed by atoms with Gasteiger partial charge in [0.2, 0.25) is 5.95 Å². The van der Waals surface area contributed by atoms with Gasteiger partial charge in [0, 0.05) is 33.0 Å². The highest BCUT2D eigenvalue weighted by molar-refractivity contribution is 6.13. The third kappa shape index (κ3) is 3.86. The van der Waals surface area contributed by atoms with Crippen LogP contribution in [0.4, 0.5) is 17.3 Å². The van der Waals surface area contributed by atoms with Gasteiger partial charge in [-0.1, -0.05) is 103 Å². The van der Waals surface area contributed by atoms with Crippen molar-refractivity contribution in [3.05, 3.63) is 166 Å². The van der Waals surface area contributed by atoms with Gasteiger partial charge >= 0.3 is 0 Å². The lowest BCUT2D eigenvalue weighted by Crippen LogP contribution is -2.37. The number of aromatic nitrogens is 3. The molecule has 9 aromatic rings. The molecule has 0 atom stereocenters. The van der Waals surface area contributed by atoms with Crippen LogP contribution in [-0.4, -0.2) is 15.0 Å². The predicted molar refractivity (Wildman–Crippen MR) is 207 cm³/mol. The Balaban J connectivity index is 1.32. The van der Waals surface area contributed by atoms with Gasteiger partial charge in [0.05, 0.1) is 16.8 Å². The van der Waals surface area contributed by atoms with Crippen molar-refractivity contribution in [2.45, 2.75) is 33.1 Å². The van der Waals surface area contributed by atoms with Crippen molar-refractivity contribution < 1.29 is 13.3 Å². The number of hydrogen-bond acceptors (Lipinski definition) is 7. The summed E-state index contributed by atoms with van der Waals surface area (Å²) in [6.45, 7) is 8.39. The van der Waals surface area contributed by atoms with Gasteiger partial charge in [-0.25, -0.2) is 4.98 Å². The Labute approximate surface area is 305 Å². The Hall–Kier alpha value is -6.73. The van der Waals surface area contributed by atoms with E-state index in [0.717, 1.165) is 101 Å². The van der Waals surface area contributed by atoms with Gasteiger partial charge in [0.1, 0.15) is 17.1 Å². The van der Waals surface area contributed by atoms with Crippen LogP contribution in [0.15, 0.2) is 135 Å². The molecule has 4 aromatic heterocycles. The van der Waals surface area contributed by atoms with Gasteiger partial charge in [-0.05, 0) is 68.1 Å². The molecule has 254 valence electrons. The van der Waals surface area contributed by atoms with E-state index in [0.29, 0.717) is 17.6 Å². The second-order valence-electron chi connectivity index (χ2n) is 14.0. The molecule has 0 bridgehead atoms. The van der Waals surface area contributed by atoms with E-state index < -0.39 is 5.41 Å². The maximum Gasteiger partial charge on any atom is 0.238 e. The average molecular weight is 689 g/mol. The fourth-order valence-corrected chi connectivity index (χ4v) is 8.80. The largest absolute Gasteiger partial charge is 0.457 e. The Kier molecular flexibility index (Phi) is 6.02. The summed E-state index contributed by atoms with van der Waals surface area (Å²) in [5, 5.41) is 2.06. The highest BCUT2D eigenvalue weighted by atomic mass is 16.4. The van der Waals surface area contributed by atoms with Crippen LogP contribution in [0.5, 0.6) is 0 Å². The van der Waals surface area contributed by atoms with Crippen LogP contribution in [0.1, 0.15) is 44.9 Å². The molecule has 11 rings (SSSR count). The maximum atomic E-state index is 6.94. The number of anilines is 3. The lowest BCUT2D eigenvalue weighted by Gasteiger charge is -2.43. The monoisotopic (exact) mass is 688 g/mol. The van der Waals surface area contributed by atoms with Crippen molar-refractivity contribution in [2.75, 3.05) is 4.90 Å². The number of rotatable bonds is 3. The van der Waals surface area contributed by atoms with Crippen molar-refractivity contribution in [3.8, 4) is 34.3 Å². The molecule has 1 aliphatic heterocycles. The van der Waals surface area contributed by atoms with E-state index in [-0.39, 0.29) is 0 Å². The minimum atomic E-state index is -0.776. The van der Waals surface area contributed by atoms with Gasteiger partial charge < -0.3 is 13.3 Å². The lowest BCUT2D eigenvalue weighted by atomic mass is 9.63. The van der Waals surface area contributed by atoms with Gasteiger partial charge in [-0.2, -0.15) is 9.97 Å². The number of fused-ring (bicyclic) bond motifs is 13. The standard InChI is InChI=1S/C46H32N4O3/c1-25-27(3)51-41-37(25)46(38-26(2)28(4)52-42(38)41)33-20-12-13-21-35(33)50(39-34(46)24-23-32-31-19-11-14-22-36(31)53-40(32)39)45-48-43(29-15-7-5-8-16-29)47-44(49-45)30-17-9-6-10-18-30/h5-24H,1-4H3. The molecule has 7 heteroatoms. The van der Waals surface area contributed by atoms with Crippen molar-refractivity contribution in [3.63, 3.8) is 0 Å². The number of aryl methyl sites for hydroxylation is 2. The Morgan fingerprint density at radius 2 is 1.08 bits per heavy atom. The molecule has 1 aliphatic carbocycles. The topological polar surface area (TPSA) is 81.3 Å². The van der Waals surface area contributed by atoms with Gasteiger partial charge in [-0.15, -0.1) is 0 Å². The summed E-state index contributed by atoms with van der Waals surface area (Å²) in [5.41, 5.74) is 10.9. The number of para-hydroxylation sites is 2. The molecule has 7 nitrogen and oxygen atoms in total. The van der Waals surface area contributed by atoms with E-state index in [4.69, 9.17) is 28.2 Å². The van der Waals surface area contributed by atoms with E-state index in [9.17, 15) is 0 Å². The number of hydrogen-bond donors (Lipinski definition) is 0. The Bertz CT molecular complexity index is 2840. The zero-order chi connectivity index (χ0) is 35.6. The summed E-state index contributed by atoms with van der Waals surface area (Å²) in [7, 11) is 0. The first kappa shape index (κ1) is 29.9. The molecule has 0 amide bonds. The van der Waals surface area contributed by atoms with Crippen molar-refractivity contribution in [1.29, 1.82) is 0 Å². The summed E-state index contributed by atoms with van der Waals surface area (Å²) in [6.07, 6.45) is 0. The molecular formula is C46H32N4O3. The molecular weight excluding hydrogens is 657 g/mol. The molecule has 5 aromatic carbocycles. The molecule has 0 fully saturated rings. The molecule has 0 unspecified atom stereocenters.